The van der Waals surface area contributed by atoms with Crippen LogP contribution in [0, 0.1) is 11.3 Å². The van der Waals surface area contributed by atoms with Crippen molar-refractivity contribution in [3.63, 3.8) is 0 Å². The van der Waals surface area contributed by atoms with Crippen molar-refractivity contribution >= 4 is 21.4 Å². The van der Waals surface area contributed by atoms with Gasteiger partial charge in [0.15, 0.2) is 5.06 Å². The Morgan fingerprint density at radius 1 is 1.29 bits per heavy atom. The zero-order valence-corrected chi connectivity index (χ0v) is 8.01. The third kappa shape index (κ3) is 1.38. The predicted octanol–water partition coefficient (Wildman–Crippen LogP) is 2.38. The maximum Gasteiger partial charge on any atom is 0.172 e. The molecule has 0 bridgehead atoms. The highest BCUT2D eigenvalue weighted by atomic mass is 32.1. The Bertz CT molecular complexity index is 525. The molecule has 1 heterocycles. The first kappa shape index (κ1) is 8.85. The first-order valence-corrected chi connectivity index (χ1v) is 4.83. The molecule has 4 heteroatoms. The van der Waals surface area contributed by atoms with Crippen LogP contribution in [0.1, 0.15) is 5.56 Å². The normalized spacial score (nSPS) is 10.2. The van der Waals surface area contributed by atoms with E-state index in [0.29, 0.717) is 0 Å². The lowest BCUT2D eigenvalue weighted by molar-refractivity contribution is 0.475. The predicted molar refractivity (Wildman–Crippen MR) is 54.5 cm³/mol. The van der Waals surface area contributed by atoms with Crippen LogP contribution in [0.3, 0.4) is 0 Å². The molecule has 0 unspecified atom stereocenters. The van der Waals surface area contributed by atoms with Crippen molar-refractivity contribution < 1.29 is 10.2 Å². The molecule has 0 atom stereocenters. The maximum absolute atomic E-state index is 9.36. The van der Waals surface area contributed by atoms with Crippen molar-refractivity contribution in [3.05, 3.63) is 23.8 Å². The summed E-state index contributed by atoms with van der Waals surface area (Å²) >= 11 is 1.22. The van der Waals surface area contributed by atoms with Crippen molar-refractivity contribution in [1.82, 2.24) is 0 Å². The summed E-state index contributed by atoms with van der Waals surface area (Å²) in [4.78, 5) is 0. The van der Waals surface area contributed by atoms with E-state index in [1.807, 2.05) is 6.07 Å². The summed E-state index contributed by atoms with van der Waals surface area (Å²) in [5.41, 5.74) is 0.757. The minimum Gasteiger partial charge on any atom is -0.508 e. The second kappa shape index (κ2) is 3.20. The van der Waals surface area contributed by atoms with Crippen LogP contribution in [0.15, 0.2) is 18.2 Å². The summed E-state index contributed by atoms with van der Waals surface area (Å²) in [5, 5.41) is 28.2. The zero-order chi connectivity index (χ0) is 10.1. The van der Waals surface area contributed by atoms with Crippen LogP contribution in [-0.4, -0.2) is 10.2 Å². The summed E-state index contributed by atoms with van der Waals surface area (Å²) in [5.74, 6) is 0.126. The highest BCUT2D eigenvalue weighted by molar-refractivity contribution is 7.20. The first-order valence-electron chi connectivity index (χ1n) is 4.02. The van der Waals surface area contributed by atoms with E-state index < -0.39 is 0 Å². The van der Waals surface area contributed by atoms with Crippen molar-refractivity contribution in [2.24, 2.45) is 0 Å². The fourth-order valence-electron chi connectivity index (χ4n) is 1.41. The molecule has 2 aromatic rings. The Kier molecular flexibility index (Phi) is 2.02. The molecule has 0 fully saturated rings. The van der Waals surface area contributed by atoms with Crippen molar-refractivity contribution in [3.8, 4) is 16.9 Å². The number of phenolic OH excluding ortho intramolecular Hbond substituents is 1. The number of fused-ring (bicyclic) bond motifs is 1. The summed E-state index contributed by atoms with van der Waals surface area (Å²) in [6.45, 7) is 0. The van der Waals surface area contributed by atoms with Crippen molar-refractivity contribution in [2.75, 3.05) is 0 Å². The van der Waals surface area contributed by atoms with Gasteiger partial charge >= 0.3 is 0 Å². The van der Waals surface area contributed by atoms with Gasteiger partial charge in [0.05, 0.1) is 12.5 Å². The molecule has 3 nitrogen and oxygen atoms in total. The molecule has 0 radical (unpaired) electrons. The average molecular weight is 205 g/mol. The largest absolute Gasteiger partial charge is 0.508 e. The summed E-state index contributed by atoms with van der Waals surface area (Å²) in [6.07, 6.45) is 0.241. The van der Waals surface area contributed by atoms with Gasteiger partial charge in [0, 0.05) is 10.1 Å². The number of nitrogens with zero attached hydrogens (tertiary/aromatic N) is 1. The minimum absolute atomic E-state index is 0.126. The molecule has 0 aliphatic rings. The van der Waals surface area contributed by atoms with E-state index in [2.05, 4.69) is 0 Å². The molecule has 1 aromatic heterocycles. The van der Waals surface area contributed by atoms with E-state index in [9.17, 15) is 10.2 Å². The third-order valence-corrected chi connectivity index (χ3v) is 2.96. The molecule has 0 aliphatic heterocycles. The molecule has 70 valence electrons. The highest BCUT2D eigenvalue weighted by Gasteiger charge is 2.07. The SMILES string of the molecule is N#CCc1cc(O)cc2cc(O)sc12. The lowest BCUT2D eigenvalue weighted by atomic mass is 10.1. The monoisotopic (exact) mass is 205 g/mol. The third-order valence-electron chi connectivity index (χ3n) is 1.93. The highest BCUT2D eigenvalue weighted by Crippen LogP contribution is 2.35. The van der Waals surface area contributed by atoms with Crippen LogP contribution in [0.5, 0.6) is 10.8 Å². The maximum atomic E-state index is 9.36. The molecule has 0 saturated carbocycles. The van der Waals surface area contributed by atoms with Crippen LogP contribution in [0.2, 0.25) is 0 Å². The van der Waals surface area contributed by atoms with Gasteiger partial charge in [0.25, 0.3) is 0 Å². The molecule has 0 saturated heterocycles. The quantitative estimate of drug-likeness (QED) is 0.751. The number of hydrogen-bond acceptors (Lipinski definition) is 4. The van der Waals surface area contributed by atoms with Gasteiger partial charge in [-0.25, -0.2) is 0 Å². The van der Waals surface area contributed by atoms with Gasteiger partial charge in [0.2, 0.25) is 0 Å². The number of benzene rings is 1. The molecular formula is C10H7NO2S. The van der Waals surface area contributed by atoms with Crippen LogP contribution >= 0.6 is 11.3 Å². The fourth-order valence-corrected chi connectivity index (χ4v) is 2.30. The van der Waals surface area contributed by atoms with E-state index >= 15 is 0 Å². The standard InChI is InChI=1S/C10H7NO2S/c11-2-1-6-3-8(12)4-7-5-9(13)14-10(6)7/h3-5,12-13H,1H2. The van der Waals surface area contributed by atoms with E-state index in [0.717, 1.165) is 15.6 Å². The van der Waals surface area contributed by atoms with E-state index in [-0.39, 0.29) is 17.2 Å². The topological polar surface area (TPSA) is 64.2 Å². The second-order valence-corrected chi connectivity index (χ2v) is 3.97. The molecule has 2 rings (SSSR count). The lowest BCUT2D eigenvalue weighted by Crippen LogP contribution is -1.80. The molecular weight excluding hydrogens is 198 g/mol. The van der Waals surface area contributed by atoms with Gasteiger partial charge in [-0.05, 0) is 23.8 Å². The average Bonchev–Trinajstić information content (AvgIpc) is 2.45. The molecule has 0 amide bonds. The van der Waals surface area contributed by atoms with Crippen molar-refractivity contribution in [2.45, 2.75) is 6.42 Å². The first-order chi connectivity index (χ1) is 6.70. The number of thiophene rings is 1. The zero-order valence-electron chi connectivity index (χ0n) is 7.19. The van der Waals surface area contributed by atoms with Gasteiger partial charge in [-0.3, -0.25) is 0 Å². The van der Waals surface area contributed by atoms with Crippen LogP contribution in [-0.2, 0) is 6.42 Å². The minimum atomic E-state index is 0.126. The van der Waals surface area contributed by atoms with Crippen LogP contribution in [0.25, 0.3) is 10.1 Å². The second-order valence-electron chi connectivity index (χ2n) is 2.94. The van der Waals surface area contributed by atoms with Crippen molar-refractivity contribution in [1.29, 1.82) is 5.26 Å². The smallest absolute Gasteiger partial charge is 0.172 e. The summed E-state index contributed by atoms with van der Waals surface area (Å²) < 4.78 is 0.863. The Labute approximate surface area is 84.5 Å². The van der Waals surface area contributed by atoms with Gasteiger partial charge < -0.3 is 10.2 Å². The van der Waals surface area contributed by atoms with Gasteiger partial charge in [-0.15, -0.1) is 0 Å². The molecule has 0 aliphatic carbocycles. The van der Waals surface area contributed by atoms with E-state index in [1.54, 1.807) is 18.2 Å². The summed E-state index contributed by atoms with van der Waals surface area (Å²) in [7, 11) is 0. The van der Waals surface area contributed by atoms with E-state index in [1.165, 1.54) is 11.3 Å². The van der Waals surface area contributed by atoms with Crippen LogP contribution < -0.4 is 0 Å². The summed E-state index contributed by atoms with van der Waals surface area (Å²) in [6, 6.07) is 6.74. The Morgan fingerprint density at radius 3 is 2.79 bits per heavy atom. The van der Waals surface area contributed by atoms with Gasteiger partial charge in [0.1, 0.15) is 5.75 Å². The molecule has 0 spiro atoms. The van der Waals surface area contributed by atoms with Gasteiger partial charge in [-0.1, -0.05) is 11.3 Å². The Hall–Kier alpha value is -1.73. The van der Waals surface area contributed by atoms with E-state index in [4.69, 9.17) is 5.26 Å². The number of aromatic hydroxyl groups is 2. The molecule has 1 aromatic carbocycles. The van der Waals surface area contributed by atoms with Gasteiger partial charge in [-0.2, -0.15) is 5.26 Å². The number of rotatable bonds is 1. The number of nitriles is 1. The Balaban J connectivity index is 2.74. The number of hydrogen-bond donors (Lipinski definition) is 2. The Morgan fingerprint density at radius 2 is 2.07 bits per heavy atom. The lowest BCUT2D eigenvalue weighted by Gasteiger charge is -1.98. The fraction of sp³-hybridized carbons (Fsp3) is 0.100. The molecule has 14 heavy (non-hydrogen) atoms. The molecule has 2 N–H and O–H groups in total. The number of phenols is 1. The van der Waals surface area contributed by atoms with Crippen LogP contribution in [0.4, 0.5) is 0 Å².